The molecule has 1 aromatic carbocycles. The van der Waals surface area contributed by atoms with Gasteiger partial charge in [0.15, 0.2) is 29.0 Å². The van der Waals surface area contributed by atoms with E-state index in [1.807, 2.05) is 0 Å². The highest BCUT2D eigenvalue weighted by Crippen LogP contribution is 2.48. The third kappa shape index (κ3) is 2.29. The van der Waals surface area contributed by atoms with Crippen LogP contribution in [0.4, 0.5) is 23.2 Å². The van der Waals surface area contributed by atoms with E-state index in [-0.39, 0.29) is 16.6 Å². The minimum absolute atomic E-state index is 0.00246. The first-order valence-corrected chi connectivity index (χ1v) is 7.03. The number of nitrogens with zero attached hydrogens (tertiary/aromatic N) is 2. The van der Waals surface area contributed by atoms with Crippen LogP contribution in [-0.4, -0.2) is 22.2 Å². The number of fused-ring (bicyclic) bond motifs is 2. The average molecular weight is 347 g/mol. The first-order valence-electron chi connectivity index (χ1n) is 6.21. The second-order valence-corrected chi connectivity index (χ2v) is 5.82. The Morgan fingerprint density at radius 3 is 2.43 bits per heavy atom. The minimum Gasteiger partial charge on any atom is -0.479 e. The number of methoxy groups -OCH3 is 1. The van der Waals surface area contributed by atoms with E-state index in [1.165, 1.54) is 7.11 Å². The van der Waals surface area contributed by atoms with Crippen LogP contribution >= 0.6 is 11.8 Å². The molecular formula is C13H9F4N3O2S. The third-order valence-electron chi connectivity index (χ3n) is 3.25. The lowest BCUT2D eigenvalue weighted by atomic mass is 10.0. The Balaban J connectivity index is 2.35. The zero-order chi connectivity index (χ0) is 16.9. The van der Waals surface area contributed by atoms with Crippen molar-refractivity contribution in [3.05, 3.63) is 35.2 Å². The van der Waals surface area contributed by atoms with Gasteiger partial charge in [0.1, 0.15) is 17.0 Å². The number of ether oxygens (including phenoxy) is 1. The second kappa shape index (κ2) is 5.24. The number of halogens is 4. The van der Waals surface area contributed by atoms with Crippen LogP contribution in [0.15, 0.2) is 16.2 Å². The number of hydrogen-bond donors (Lipinski definition) is 2. The van der Waals surface area contributed by atoms with Gasteiger partial charge in [-0.1, -0.05) is 11.8 Å². The van der Waals surface area contributed by atoms with E-state index in [0.29, 0.717) is 11.8 Å². The molecule has 2 aromatic rings. The SMILES string of the molecule is COc1ncnc2c1N[C@](C)(O)c1c(F)c(F)c(F)c(F)c1S2. The average Bonchev–Trinajstić information content (AvgIpc) is 2.63. The van der Waals surface area contributed by atoms with E-state index in [1.54, 1.807) is 0 Å². The molecule has 5 nitrogen and oxygen atoms in total. The van der Waals surface area contributed by atoms with Gasteiger partial charge in [0, 0.05) is 0 Å². The molecule has 0 saturated heterocycles. The van der Waals surface area contributed by atoms with E-state index in [9.17, 15) is 22.7 Å². The second-order valence-electron chi connectivity index (χ2n) is 4.82. The Hall–Kier alpha value is -2.07. The molecule has 10 heteroatoms. The molecule has 1 aromatic heterocycles. The molecule has 2 N–H and O–H groups in total. The standard InChI is InChI=1S/C13H9F4N3O2S/c1-13(21)4-5(14)6(15)7(16)8(17)10(4)23-12-9(20-13)11(22-2)18-3-19-12/h3,20-21H,1-2H3/t13-/m1/s1. The van der Waals surface area contributed by atoms with Crippen LogP contribution < -0.4 is 10.1 Å². The summed E-state index contributed by atoms with van der Waals surface area (Å²) >= 11 is 0.524. The van der Waals surface area contributed by atoms with Crippen molar-refractivity contribution in [3.8, 4) is 5.88 Å². The van der Waals surface area contributed by atoms with Crippen LogP contribution in [0.25, 0.3) is 0 Å². The molecule has 1 aliphatic rings. The number of hydrogen-bond acceptors (Lipinski definition) is 6. The van der Waals surface area contributed by atoms with E-state index in [2.05, 4.69) is 15.3 Å². The zero-order valence-electron chi connectivity index (χ0n) is 11.7. The first-order chi connectivity index (χ1) is 10.8. The lowest BCUT2D eigenvalue weighted by Gasteiger charge is -2.27. The molecule has 0 amide bonds. The summed E-state index contributed by atoms with van der Waals surface area (Å²) in [6, 6.07) is 0. The fourth-order valence-corrected chi connectivity index (χ4v) is 3.34. The van der Waals surface area contributed by atoms with E-state index in [4.69, 9.17) is 4.74 Å². The quantitative estimate of drug-likeness (QED) is 0.358. The Kier molecular flexibility index (Phi) is 3.60. The highest BCUT2D eigenvalue weighted by atomic mass is 32.2. The molecule has 0 saturated carbocycles. The summed E-state index contributed by atoms with van der Waals surface area (Å²) in [5.41, 5.74) is -2.98. The third-order valence-corrected chi connectivity index (χ3v) is 4.34. The van der Waals surface area contributed by atoms with E-state index >= 15 is 0 Å². The number of aliphatic hydroxyl groups is 1. The zero-order valence-corrected chi connectivity index (χ0v) is 12.6. The predicted molar refractivity (Wildman–Crippen MR) is 72.2 cm³/mol. The van der Waals surface area contributed by atoms with Crippen LogP contribution in [0.5, 0.6) is 5.88 Å². The Bertz CT molecular complexity index is 817. The number of rotatable bonds is 1. The molecule has 0 aliphatic carbocycles. The van der Waals surface area contributed by atoms with Crippen molar-refractivity contribution >= 4 is 17.4 Å². The molecule has 122 valence electrons. The Labute approximate surface area is 131 Å². The van der Waals surface area contributed by atoms with Crippen molar-refractivity contribution in [2.24, 2.45) is 0 Å². The largest absolute Gasteiger partial charge is 0.479 e. The van der Waals surface area contributed by atoms with Gasteiger partial charge in [-0.15, -0.1) is 0 Å². The van der Waals surface area contributed by atoms with Crippen molar-refractivity contribution < 1.29 is 27.4 Å². The van der Waals surface area contributed by atoms with Crippen LogP contribution in [0, 0.1) is 23.3 Å². The van der Waals surface area contributed by atoms with Gasteiger partial charge >= 0.3 is 0 Å². The fraction of sp³-hybridized carbons (Fsp3) is 0.231. The topological polar surface area (TPSA) is 67.3 Å². The van der Waals surface area contributed by atoms with Crippen LogP contribution in [0.3, 0.4) is 0 Å². The van der Waals surface area contributed by atoms with Crippen molar-refractivity contribution in [2.45, 2.75) is 22.6 Å². The minimum atomic E-state index is -2.26. The normalized spacial score (nSPS) is 19.4. The molecule has 2 heterocycles. The number of aromatic nitrogens is 2. The summed E-state index contributed by atoms with van der Waals surface area (Å²) in [7, 11) is 1.29. The van der Waals surface area contributed by atoms with Crippen LogP contribution in [0.1, 0.15) is 12.5 Å². The van der Waals surface area contributed by atoms with Crippen LogP contribution in [-0.2, 0) is 5.72 Å². The molecule has 23 heavy (non-hydrogen) atoms. The summed E-state index contributed by atoms with van der Waals surface area (Å²) in [4.78, 5) is 7.06. The maximum absolute atomic E-state index is 14.1. The summed E-state index contributed by atoms with van der Waals surface area (Å²) in [5, 5.41) is 13.0. The van der Waals surface area contributed by atoms with E-state index < -0.39 is 39.5 Å². The molecule has 1 aliphatic heterocycles. The van der Waals surface area contributed by atoms with E-state index in [0.717, 1.165) is 13.3 Å². The molecule has 0 radical (unpaired) electrons. The molecule has 0 fully saturated rings. The predicted octanol–water partition coefficient (Wildman–Crippen LogP) is 2.78. The van der Waals surface area contributed by atoms with Crippen molar-refractivity contribution in [1.29, 1.82) is 0 Å². The number of nitrogens with one attached hydrogen (secondary N) is 1. The van der Waals surface area contributed by atoms with Gasteiger partial charge in [0.25, 0.3) is 0 Å². The van der Waals surface area contributed by atoms with Gasteiger partial charge in [-0.3, -0.25) is 0 Å². The monoisotopic (exact) mass is 347 g/mol. The highest BCUT2D eigenvalue weighted by molar-refractivity contribution is 7.99. The number of anilines is 1. The molecule has 0 unspecified atom stereocenters. The van der Waals surface area contributed by atoms with Gasteiger partial charge in [-0.25, -0.2) is 22.5 Å². The van der Waals surface area contributed by atoms with Gasteiger partial charge in [0.05, 0.1) is 17.6 Å². The number of benzene rings is 1. The highest BCUT2D eigenvalue weighted by Gasteiger charge is 2.40. The maximum Gasteiger partial charge on any atom is 0.241 e. The summed E-state index contributed by atoms with van der Waals surface area (Å²) in [5.74, 6) is -7.28. The van der Waals surface area contributed by atoms with Gasteiger partial charge < -0.3 is 15.2 Å². The summed E-state index contributed by atoms with van der Waals surface area (Å²) in [6.07, 6.45) is 1.10. The molecule has 1 atom stereocenters. The molecule has 0 spiro atoms. The summed E-state index contributed by atoms with van der Waals surface area (Å²) < 4.78 is 60.3. The van der Waals surface area contributed by atoms with Gasteiger partial charge in [-0.05, 0) is 6.92 Å². The lowest BCUT2D eigenvalue weighted by Crippen LogP contribution is -2.33. The molecule has 0 bridgehead atoms. The first kappa shape index (κ1) is 15.8. The Morgan fingerprint density at radius 1 is 1.13 bits per heavy atom. The molecule has 3 rings (SSSR count). The van der Waals surface area contributed by atoms with Gasteiger partial charge in [-0.2, -0.15) is 4.98 Å². The van der Waals surface area contributed by atoms with Crippen molar-refractivity contribution in [1.82, 2.24) is 9.97 Å². The smallest absolute Gasteiger partial charge is 0.241 e. The van der Waals surface area contributed by atoms with Crippen molar-refractivity contribution in [3.63, 3.8) is 0 Å². The summed E-state index contributed by atoms with van der Waals surface area (Å²) in [6.45, 7) is 1.06. The van der Waals surface area contributed by atoms with Gasteiger partial charge in [0.2, 0.25) is 5.88 Å². The Morgan fingerprint density at radius 2 is 1.78 bits per heavy atom. The van der Waals surface area contributed by atoms with Crippen molar-refractivity contribution in [2.75, 3.05) is 12.4 Å². The fourth-order valence-electron chi connectivity index (χ4n) is 2.24. The molecular weight excluding hydrogens is 338 g/mol. The van der Waals surface area contributed by atoms with Crippen LogP contribution in [0.2, 0.25) is 0 Å². The lowest BCUT2D eigenvalue weighted by molar-refractivity contribution is 0.0789. The maximum atomic E-state index is 14.1.